The van der Waals surface area contributed by atoms with E-state index in [9.17, 15) is 4.79 Å². The van der Waals surface area contributed by atoms with E-state index in [0.717, 1.165) is 0 Å². The van der Waals surface area contributed by atoms with Gasteiger partial charge in [-0.1, -0.05) is 23.2 Å². The number of nitrogens with one attached hydrogen (secondary N) is 1. The standard InChI is InChI=1S/C11H7ClN2O3S/c12-9-4-3-8(17-9)10(16)14-11-13-6-7(18-11)2-1-5-15/h3-4,6,15H,5H2,(H,13,14,16). The summed E-state index contributed by atoms with van der Waals surface area (Å²) >= 11 is 6.77. The highest BCUT2D eigenvalue weighted by atomic mass is 35.5. The van der Waals surface area contributed by atoms with Crippen molar-refractivity contribution in [2.75, 3.05) is 11.9 Å². The maximum absolute atomic E-state index is 11.7. The number of halogens is 1. The second-order valence-electron chi connectivity index (χ2n) is 3.05. The van der Waals surface area contributed by atoms with Gasteiger partial charge in [-0.3, -0.25) is 10.1 Å². The molecular formula is C11H7ClN2O3S. The number of furan rings is 1. The molecular weight excluding hydrogens is 276 g/mol. The fourth-order valence-corrected chi connectivity index (χ4v) is 1.94. The van der Waals surface area contributed by atoms with Crippen LogP contribution in [0.4, 0.5) is 5.13 Å². The van der Waals surface area contributed by atoms with Crippen molar-refractivity contribution in [2.24, 2.45) is 0 Å². The van der Waals surface area contributed by atoms with Crippen molar-refractivity contribution in [3.63, 3.8) is 0 Å². The molecule has 1 amide bonds. The number of carbonyl (C=O) groups excluding carboxylic acids is 1. The molecule has 0 atom stereocenters. The van der Waals surface area contributed by atoms with Crippen LogP contribution in [0.25, 0.3) is 0 Å². The third-order valence-electron chi connectivity index (χ3n) is 1.81. The van der Waals surface area contributed by atoms with Crippen LogP contribution in [-0.4, -0.2) is 22.6 Å². The second kappa shape index (κ2) is 5.69. The van der Waals surface area contributed by atoms with Crippen LogP contribution >= 0.6 is 22.9 Å². The van der Waals surface area contributed by atoms with Gasteiger partial charge in [-0.15, -0.1) is 0 Å². The Balaban J connectivity index is 2.05. The molecule has 0 radical (unpaired) electrons. The van der Waals surface area contributed by atoms with Crippen LogP contribution in [0.3, 0.4) is 0 Å². The van der Waals surface area contributed by atoms with E-state index >= 15 is 0 Å². The average Bonchev–Trinajstić information content (AvgIpc) is 2.96. The molecule has 5 nitrogen and oxygen atoms in total. The lowest BCUT2D eigenvalue weighted by atomic mass is 10.4. The lowest BCUT2D eigenvalue weighted by Crippen LogP contribution is -2.10. The molecule has 0 aliphatic heterocycles. The maximum Gasteiger partial charge on any atom is 0.293 e. The van der Waals surface area contributed by atoms with Crippen molar-refractivity contribution in [3.8, 4) is 11.8 Å². The Hall–Kier alpha value is -1.81. The molecule has 2 rings (SSSR count). The minimum Gasteiger partial charge on any atom is -0.440 e. The Morgan fingerprint density at radius 3 is 3.11 bits per heavy atom. The third kappa shape index (κ3) is 3.11. The SMILES string of the molecule is O=C(Nc1ncc(C#CCO)s1)c1ccc(Cl)o1. The first-order valence-corrected chi connectivity index (χ1v) is 6.01. The molecule has 0 aliphatic carbocycles. The largest absolute Gasteiger partial charge is 0.440 e. The van der Waals surface area contributed by atoms with Gasteiger partial charge in [0.15, 0.2) is 16.1 Å². The molecule has 0 saturated heterocycles. The van der Waals surface area contributed by atoms with Crippen molar-refractivity contribution < 1.29 is 14.3 Å². The summed E-state index contributed by atoms with van der Waals surface area (Å²) in [5.74, 6) is 4.86. The summed E-state index contributed by atoms with van der Waals surface area (Å²) in [7, 11) is 0. The van der Waals surface area contributed by atoms with E-state index in [1.54, 1.807) is 0 Å². The smallest absolute Gasteiger partial charge is 0.293 e. The Morgan fingerprint density at radius 1 is 1.61 bits per heavy atom. The number of rotatable bonds is 2. The van der Waals surface area contributed by atoms with E-state index in [2.05, 4.69) is 22.1 Å². The molecule has 2 aromatic rings. The van der Waals surface area contributed by atoms with Gasteiger partial charge in [-0.05, 0) is 23.7 Å². The molecule has 0 saturated carbocycles. The van der Waals surface area contributed by atoms with Crippen molar-refractivity contribution in [2.45, 2.75) is 0 Å². The summed E-state index contributed by atoms with van der Waals surface area (Å²) in [6, 6.07) is 2.95. The number of hydrogen-bond donors (Lipinski definition) is 2. The molecule has 0 aliphatic rings. The highest BCUT2D eigenvalue weighted by molar-refractivity contribution is 7.16. The van der Waals surface area contributed by atoms with Gasteiger partial charge in [0.05, 0.1) is 11.1 Å². The lowest BCUT2D eigenvalue weighted by molar-refractivity contribution is 0.0996. The number of thiazole rings is 1. The molecule has 0 spiro atoms. The van der Waals surface area contributed by atoms with Crippen LogP contribution in [0, 0.1) is 11.8 Å². The Bertz CT molecular complexity index is 624. The number of hydrogen-bond acceptors (Lipinski definition) is 5. The summed E-state index contributed by atoms with van der Waals surface area (Å²) in [5, 5.41) is 11.6. The number of amides is 1. The normalized spacial score (nSPS) is 9.67. The predicted molar refractivity (Wildman–Crippen MR) is 67.7 cm³/mol. The van der Waals surface area contributed by atoms with Crippen LogP contribution in [-0.2, 0) is 0 Å². The van der Waals surface area contributed by atoms with E-state index < -0.39 is 5.91 Å². The van der Waals surface area contributed by atoms with Crippen molar-refractivity contribution in [1.82, 2.24) is 4.98 Å². The molecule has 2 N–H and O–H groups in total. The molecule has 0 unspecified atom stereocenters. The van der Waals surface area contributed by atoms with Crippen LogP contribution in [0.2, 0.25) is 5.22 Å². The van der Waals surface area contributed by atoms with Crippen LogP contribution < -0.4 is 5.32 Å². The molecule has 0 bridgehead atoms. The van der Waals surface area contributed by atoms with Crippen molar-refractivity contribution in [3.05, 3.63) is 34.2 Å². The third-order valence-corrected chi connectivity index (χ3v) is 2.85. The van der Waals surface area contributed by atoms with Gasteiger partial charge in [0.2, 0.25) is 0 Å². The summed E-state index contributed by atoms with van der Waals surface area (Å²) in [6.45, 7) is -0.218. The van der Waals surface area contributed by atoms with Gasteiger partial charge in [0.1, 0.15) is 6.61 Å². The monoisotopic (exact) mass is 282 g/mol. The maximum atomic E-state index is 11.7. The Morgan fingerprint density at radius 2 is 2.44 bits per heavy atom. The fourth-order valence-electron chi connectivity index (χ4n) is 1.11. The minimum absolute atomic E-state index is 0.109. The predicted octanol–water partition coefficient (Wildman–Crippen LogP) is 1.99. The fraction of sp³-hybridized carbons (Fsp3) is 0.0909. The van der Waals surface area contributed by atoms with Crippen LogP contribution in [0.5, 0.6) is 0 Å². The number of nitrogens with zero attached hydrogens (tertiary/aromatic N) is 1. The second-order valence-corrected chi connectivity index (χ2v) is 4.45. The van der Waals surface area contributed by atoms with Gasteiger partial charge in [-0.2, -0.15) is 0 Å². The number of aromatic nitrogens is 1. The summed E-state index contributed by atoms with van der Waals surface area (Å²) in [4.78, 5) is 16.3. The van der Waals surface area contributed by atoms with E-state index in [4.69, 9.17) is 21.1 Å². The number of aliphatic hydroxyl groups is 1. The number of carbonyl (C=O) groups is 1. The summed E-state index contributed by atoms with van der Waals surface area (Å²) in [6.07, 6.45) is 1.51. The number of anilines is 1. The molecule has 0 fully saturated rings. The highest BCUT2D eigenvalue weighted by Gasteiger charge is 2.12. The molecule has 0 aromatic carbocycles. The number of aliphatic hydroxyl groups excluding tert-OH is 1. The highest BCUT2D eigenvalue weighted by Crippen LogP contribution is 2.19. The lowest BCUT2D eigenvalue weighted by Gasteiger charge is -1.96. The van der Waals surface area contributed by atoms with Gasteiger partial charge in [0, 0.05) is 0 Å². The molecule has 2 aromatic heterocycles. The van der Waals surface area contributed by atoms with E-state index in [1.807, 2.05) is 0 Å². The van der Waals surface area contributed by atoms with Gasteiger partial charge >= 0.3 is 0 Å². The zero-order valence-corrected chi connectivity index (χ0v) is 10.5. The topological polar surface area (TPSA) is 75.4 Å². The summed E-state index contributed by atoms with van der Waals surface area (Å²) < 4.78 is 4.96. The zero-order valence-electron chi connectivity index (χ0n) is 8.94. The van der Waals surface area contributed by atoms with Crippen molar-refractivity contribution in [1.29, 1.82) is 0 Å². The van der Waals surface area contributed by atoms with E-state index in [1.165, 1.54) is 29.7 Å². The molecule has 2 heterocycles. The van der Waals surface area contributed by atoms with Gasteiger partial charge < -0.3 is 9.52 Å². The van der Waals surface area contributed by atoms with E-state index in [0.29, 0.717) is 10.0 Å². The first-order valence-electron chi connectivity index (χ1n) is 4.81. The van der Waals surface area contributed by atoms with Gasteiger partial charge in [0.25, 0.3) is 5.91 Å². The Kier molecular flexibility index (Phi) is 3.99. The van der Waals surface area contributed by atoms with Crippen molar-refractivity contribution >= 4 is 34.0 Å². The van der Waals surface area contributed by atoms with Crippen LogP contribution in [0.1, 0.15) is 15.4 Å². The zero-order chi connectivity index (χ0) is 13.0. The summed E-state index contributed by atoms with van der Waals surface area (Å²) in [5.41, 5.74) is 0. The molecule has 7 heteroatoms. The molecule has 92 valence electrons. The molecule has 18 heavy (non-hydrogen) atoms. The first-order chi connectivity index (χ1) is 8.69. The van der Waals surface area contributed by atoms with E-state index in [-0.39, 0.29) is 17.6 Å². The first kappa shape index (κ1) is 12.6. The minimum atomic E-state index is -0.432. The Labute approximate surface area is 111 Å². The van der Waals surface area contributed by atoms with Gasteiger partial charge in [-0.25, -0.2) is 4.98 Å². The van der Waals surface area contributed by atoms with Crippen LogP contribution in [0.15, 0.2) is 22.7 Å². The quantitative estimate of drug-likeness (QED) is 0.826. The average molecular weight is 283 g/mol.